The number of aldehydes is 1. The molecular formula is C15H16N2O. The third-order valence-corrected chi connectivity index (χ3v) is 2.77. The van der Waals surface area contributed by atoms with E-state index in [-0.39, 0.29) is 0 Å². The van der Waals surface area contributed by atoms with Crippen molar-refractivity contribution < 1.29 is 4.79 Å². The summed E-state index contributed by atoms with van der Waals surface area (Å²) in [6.45, 7) is 1.57. The summed E-state index contributed by atoms with van der Waals surface area (Å²) < 4.78 is 0. The molecular weight excluding hydrogens is 224 g/mol. The molecule has 2 rings (SSSR count). The number of pyridine rings is 1. The Hall–Kier alpha value is -2.00. The van der Waals surface area contributed by atoms with Gasteiger partial charge in [0.1, 0.15) is 5.69 Å². The predicted octanol–water partition coefficient (Wildman–Crippen LogP) is 2.53. The Kier molecular flexibility index (Phi) is 4.20. The number of rotatable bonds is 5. The maximum atomic E-state index is 10.9. The van der Waals surface area contributed by atoms with Gasteiger partial charge in [0.15, 0.2) is 6.29 Å². The molecule has 0 radical (unpaired) electrons. The van der Waals surface area contributed by atoms with Gasteiger partial charge in [-0.3, -0.25) is 14.7 Å². The van der Waals surface area contributed by atoms with E-state index in [2.05, 4.69) is 22.0 Å². The summed E-state index contributed by atoms with van der Waals surface area (Å²) in [5.74, 6) is 0. The van der Waals surface area contributed by atoms with E-state index >= 15 is 0 Å². The molecule has 18 heavy (non-hydrogen) atoms. The highest BCUT2D eigenvalue weighted by Crippen LogP contribution is 2.09. The molecule has 0 bridgehead atoms. The van der Waals surface area contributed by atoms with Gasteiger partial charge in [-0.1, -0.05) is 36.4 Å². The Morgan fingerprint density at radius 1 is 1.11 bits per heavy atom. The SMILES string of the molecule is CN(Cc1ccccc1)Cc1cccnc1C=O. The number of hydrogen-bond acceptors (Lipinski definition) is 3. The number of aromatic nitrogens is 1. The summed E-state index contributed by atoms with van der Waals surface area (Å²) >= 11 is 0. The van der Waals surface area contributed by atoms with Gasteiger partial charge in [-0.05, 0) is 24.2 Å². The molecule has 0 N–H and O–H groups in total. The number of carbonyl (C=O) groups is 1. The topological polar surface area (TPSA) is 33.2 Å². The minimum Gasteiger partial charge on any atom is -0.298 e. The molecule has 3 heteroatoms. The van der Waals surface area contributed by atoms with Crippen LogP contribution in [0.5, 0.6) is 0 Å². The highest BCUT2D eigenvalue weighted by molar-refractivity contribution is 5.73. The third kappa shape index (κ3) is 3.25. The molecule has 0 fully saturated rings. The van der Waals surface area contributed by atoms with E-state index in [0.717, 1.165) is 24.9 Å². The van der Waals surface area contributed by atoms with Gasteiger partial charge in [0.2, 0.25) is 0 Å². The molecule has 0 aliphatic heterocycles. The standard InChI is InChI=1S/C15H16N2O/c1-17(10-13-6-3-2-4-7-13)11-14-8-5-9-16-15(14)12-18/h2-9,12H,10-11H2,1H3. The van der Waals surface area contributed by atoms with E-state index in [9.17, 15) is 4.79 Å². The minimum absolute atomic E-state index is 0.525. The molecule has 1 aromatic heterocycles. The second kappa shape index (κ2) is 6.07. The Morgan fingerprint density at radius 2 is 1.89 bits per heavy atom. The first kappa shape index (κ1) is 12.5. The van der Waals surface area contributed by atoms with Crippen molar-refractivity contribution >= 4 is 6.29 Å². The van der Waals surface area contributed by atoms with Gasteiger partial charge < -0.3 is 0 Å². The Balaban J connectivity index is 2.03. The molecule has 1 heterocycles. The Bertz CT molecular complexity index is 511. The smallest absolute Gasteiger partial charge is 0.168 e. The second-order valence-corrected chi connectivity index (χ2v) is 4.32. The molecule has 2 aromatic rings. The zero-order valence-corrected chi connectivity index (χ0v) is 10.4. The van der Waals surface area contributed by atoms with E-state index in [0.29, 0.717) is 5.69 Å². The molecule has 3 nitrogen and oxygen atoms in total. The molecule has 0 saturated heterocycles. The number of benzene rings is 1. The maximum Gasteiger partial charge on any atom is 0.168 e. The lowest BCUT2D eigenvalue weighted by molar-refractivity contribution is 0.111. The summed E-state index contributed by atoms with van der Waals surface area (Å²) in [7, 11) is 2.04. The lowest BCUT2D eigenvalue weighted by Gasteiger charge is -2.17. The van der Waals surface area contributed by atoms with Crippen molar-refractivity contribution in [3.63, 3.8) is 0 Å². The van der Waals surface area contributed by atoms with Crippen molar-refractivity contribution in [1.82, 2.24) is 9.88 Å². The monoisotopic (exact) mass is 240 g/mol. The van der Waals surface area contributed by atoms with Gasteiger partial charge >= 0.3 is 0 Å². The van der Waals surface area contributed by atoms with E-state index in [4.69, 9.17) is 0 Å². The predicted molar refractivity (Wildman–Crippen MR) is 71.2 cm³/mol. The zero-order valence-electron chi connectivity index (χ0n) is 10.4. The van der Waals surface area contributed by atoms with Crippen LogP contribution in [0.2, 0.25) is 0 Å². The molecule has 0 atom stereocenters. The quantitative estimate of drug-likeness (QED) is 0.753. The van der Waals surface area contributed by atoms with Crippen LogP contribution >= 0.6 is 0 Å². The molecule has 92 valence electrons. The number of nitrogens with zero attached hydrogens (tertiary/aromatic N) is 2. The van der Waals surface area contributed by atoms with E-state index in [1.54, 1.807) is 6.20 Å². The van der Waals surface area contributed by atoms with Crippen LogP contribution in [0.1, 0.15) is 21.6 Å². The minimum atomic E-state index is 0.525. The van der Waals surface area contributed by atoms with Gasteiger partial charge in [-0.25, -0.2) is 0 Å². The molecule has 0 aliphatic carbocycles. The van der Waals surface area contributed by atoms with Crippen molar-refractivity contribution in [2.45, 2.75) is 13.1 Å². The number of hydrogen-bond donors (Lipinski definition) is 0. The van der Waals surface area contributed by atoms with Crippen LogP contribution in [0, 0.1) is 0 Å². The van der Waals surface area contributed by atoms with E-state index < -0.39 is 0 Å². The van der Waals surface area contributed by atoms with Crippen molar-refractivity contribution in [2.24, 2.45) is 0 Å². The van der Waals surface area contributed by atoms with E-state index in [1.165, 1.54) is 5.56 Å². The fraction of sp³-hybridized carbons (Fsp3) is 0.200. The highest BCUT2D eigenvalue weighted by atomic mass is 16.1. The summed E-state index contributed by atoms with van der Waals surface area (Å²) in [5, 5.41) is 0. The van der Waals surface area contributed by atoms with Crippen LogP contribution in [-0.4, -0.2) is 23.2 Å². The van der Waals surface area contributed by atoms with Crippen LogP contribution in [0.3, 0.4) is 0 Å². The highest BCUT2D eigenvalue weighted by Gasteiger charge is 2.06. The maximum absolute atomic E-state index is 10.9. The molecule has 1 aromatic carbocycles. The molecule has 0 amide bonds. The second-order valence-electron chi connectivity index (χ2n) is 4.32. The Labute approximate surface area is 107 Å². The van der Waals surface area contributed by atoms with Gasteiger partial charge in [-0.2, -0.15) is 0 Å². The van der Waals surface area contributed by atoms with Crippen LogP contribution in [0.4, 0.5) is 0 Å². The molecule has 0 saturated carbocycles. The third-order valence-electron chi connectivity index (χ3n) is 2.77. The lowest BCUT2D eigenvalue weighted by atomic mass is 10.1. The van der Waals surface area contributed by atoms with Gasteiger partial charge in [-0.15, -0.1) is 0 Å². The summed E-state index contributed by atoms with van der Waals surface area (Å²) in [5.41, 5.74) is 2.75. The fourth-order valence-corrected chi connectivity index (χ4v) is 1.93. The average Bonchev–Trinajstić information content (AvgIpc) is 2.40. The van der Waals surface area contributed by atoms with Crippen molar-refractivity contribution in [3.05, 3.63) is 65.5 Å². The zero-order chi connectivity index (χ0) is 12.8. The summed E-state index contributed by atoms with van der Waals surface area (Å²) in [6, 6.07) is 14.1. The van der Waals surface area contributed by atoms with Crippen LogP contribution < -0.4 is 0 Å². The molecule has 0 unspecified atom stereocenters. The van der Waals surface area contributed by atoms with E-state index in [1.807, 2.05) is 37.4 Å². The number of carbonyl (C=O) groups excluding carboxylic acids is 1. The fourth-order valence-electron chi connectivity index (χ4n) is 1.93. The van der Waals surface area contributed by atoms with Crippen LogP contribution in [-0.2, 0) is 13.1 Å². The van der Waals surface area contributed by atoms with Crippen molar-refractivity contribution in [2.75, 3.05) is 7.05 Å². The summed E-state index contributed by atoms with van der Waals surface area (Å²) in [6.07, 6.45) is 2.45. The molecule has 0 aliphatic rings. The summed E-state index contributed by atoms with van der Waals surface area (Å²) in [4.78, 5) is 17.1. The first-order valence-electron chi connectivity index (χ1n) is 5.91. The lowest BCUT2D eigenvalue weighted by Crippen LogP contribution is -2.18. The van der Waals surface area contributed by atoms with Crippen LogP contribution in [0.15, 0.2) is 48.7 Å². The Morgan fingerprint density at radius 3 is 2.61 bits per heavy atom. The first-order valence-corrected chi connectivity index (χ1v) is 5.91. The van der Waals surface area contributed by atoms with Gasteiger partial charge in [0.05, 0.1) is 0 Å². The first-order chi connectivity index (χ1) is 8.79. The largest absolute Gasteiger partial charge is 0.298 e. The average molecular weight is 240 g/mol. The van der Waals surface area contributed by atoms with Crippen molar-refractivity contribution in [1.29, 1.82) is 0 Å². The van der Waals surface area contributed by atoms with Crippen molar-refractivity contribution in [3.8, 4) is 0 Å². The normalized spacial score (nSPS) is 10.6. The van der Waals surface area contributed by atoms with Gasteiger partial charge in [0.25, 0.3) is 0 Å². The molecule has 0 spiro atoms. The van der Waals surface area contributed by atoms with Crippen LogP contribution in [0.25, 0.3) is 0 Å². The van der Waals surface area contributed by atoms with Gasteiger partial charge in [0, 0.05) is 19.3 Å².